The van der Waals surface area contributed by atoms with Crippen molar-refractivity contribution < 1.29 is 33.9 Å². The third-order valence-electron chi connectivity index (χ3n) is 11.2. The molecule has 50 heavy (non-hydrogen) atoms. The highest BCUT2D eigenvalue weighted by atomic mass is 16.4. The van der Waals surface area contributed by atoms with E-state index >= 15 is 0 Å². The molecule has 0 aromatic rings. The van der Waals surface area contributed by atoms with E-state index in [0.29, 0.717) is 31.1 Å². The minimum atomic E-state index is -1.53. The minimum Gasteiger partial charge on any atom is -0.481 e. The summed E-state index contributed by atoms with van der Waals surface area (Å²) >= 11 is 0. The highest BCUT2D eigenvalue weighted by Crippen LogP contribution is 2.42. The summed E-state index contributed by atoms with van der Waals surface area (Å²) in [5, 5.41) is 22.2. The first-order chi connectivity index (χ1) is 22.8. The summed E-state index contributed by atoms with van der Waals surface area (Å²) in [5.41, 5.74) is -3.40. The molecule has 7 atom stereocenters. The Kier molecular flexibility index (Phi) is 14.7. The molecule has 0 heterocycles. The van der Waals surface area contributed by atoms with Crippen molar-refractivity contribution in [2.45, 2.75) is 171 Å². The maximum absolute atomic E-state index is 14.3. The van der Waals surface area contributed by atoms with Crippen LogP contribution in [0.2, 0.25) is 0 Å². The summed E-state index contributed by atoms with van der Waals surface area (Å²) in [4.78, 5) is 82.0. The number of rotatable bonds is 14. The molecular weight excluding hydrogens is 636 g/mol. The van der Waals surface area contributed by atoms with Gasteiger partial charge in [-0.2, -0.15) is 0 Å². The Morgan fingerprint density at radius 1 is 0.740 bits per heavy atom. The third kappa shape index (κ3) is 11.3. The first-order valence-corrected chi connectivity index (χ1v) is 18.8. The van der Waals surface area contributed by atoms with Gasteiger partial charge in [0.15, 0.2) is 5.78 Å². The minimum absolute atomic E-state index is 0.0341. The van der Waals surface area contributed by atoms with Crippen LogP contribution in [-0.2, 0) is 24.0 Å². The number of amides is 4. The second-order valence-corrected chi connectivity index (χ2v) is 18.5. The summed E-state index contributed by atoms with van der Waals surface area (Å²) in [6.45, 7) is 22.8. The van der Waals surface area contributed by atoms with Crippen molar-refractivity contribution in [3.63, 3.8) is 0 Å². The van der Waals surface area contributed by atoms with Crippen molar-refractivity contribution in [3.05, 3.63) is 0 Å². The molecule has 0 saturated heterocycles. The highest BCUT2D eigenvalue weighted by molar-refractivity contribution is 5.98. The number of urea groups is 1. The van der Waals surface area contributed by atoms with Gasteiger partial charge in [-0.25, -0.2) is 4.79 Å². The summed E-state index contributed by atoms with van der Waals surface area (Å²) in [7, 11) is 0. The zero-order chi connectivity index (χ0) is 38.4. The van der Waals surface area contributed by atoms with Crippen LogP contribution in [0.25, 0.3) is 0 Å². The van der Waals surface area contributed by atoms with E-state index in [1.807, 2.05) is 48.5 Å². The van der Waals surface area contributed by atoms with Gasteiger partial charge in [0.2, 0.25) is 11.8 Å². The van der Waals surface area contributed by atoms with Gasteiger partial charge in [-0.1, -0.05) is 102 Å². The molecule has 4 amide bonds. The maximum atomic E-state index is 14.3. The van der Waals surface area contributed by atoms with Gasteiger partial charge < -0.3 is 26.4 Å². The van der Waals surface area contributed by atoms with Gasteiger partial charge >= 0.3 is 12.0 Å². The van der Waals surface area contributed by atoms with Gasteiger partial charge in [0, 0.05) is 30.3 Å². The Balaban J connectivity index is 2.46. The Morgan fingerprint density at radius 2 is 1.28 bits per heavy atom. The van der Waals surface area contributed by atoms with Crippen LogP contribution in [0.15, 0.2) is 0 Å². The van der Waals surface area contributed by atoms with Crippen LogP contribution in [0.5, 0.6) is 0 Å². The van der Waals surface area contributed by atoms with Crippen LogP contribution in [0, 0.1) is 39.4 Å². The van der Waals surface area contributed by atoms with E-state index < -0.39 is 63.8 Å². The predicted molar refractivity (Wildman–Crippen MR) is 195 cm³/mol. The van der Waals surface area contributed by atoms with Crippen LogP contribution in [0.4, 0.5) is 4.79 Å². The number of ketones is 2. The molecule has 2 fully saturated rings. The number of carboxylic acids is 1. The van der Waals surface area contributed by atoms with Crippen LogP contribution in [-0.4, -0.2) is 64.7 Å². The number of aliphatic carboxylic acids is 1. The fourth-order valence-electron chi connectivity index (χ4n) is 7.75. The van der Waals surface area contributed by atoms with Gasteiger partial charge in [0.25, 0.3) is 0 Å². The standard InChI is InChI=1S/C39H68N4O7/c1-13-27(36(4,5)6)40-33(47)31(39(34(48)49)19-14-15-20-39)42-32(46)25(22-28(45)37(7,8)9)21-26(44)30(38(10,11)12)43-35(50)41-29-23(2)17-16-18-24(29)3/h23-25,27,29-31H,13-22H2,1-12H3,(H,40,47)(H,42,46)(H,48,49)(H2,41,43,50)/t23-,24+,25-,27+,29?,30+,31+/m0/s1. The van der Waals surface area contributed by atoms with Crippen molar-refractivity contribution in [3.8, 4) is 0 Å². The number of hydrogen-bond donors (Lipinski definition) is 5. The molecule has 0 spiro atoms. The zero-order valence-electron chi connectivity index (χ0n) is 33.0. The number of carbonyl (C=O) groups is 6. The van der Waals surface area contributed by atoms with E-state index in [0.717, 1.165) is 19.3 Å². The molecule has 0 bridgehead atoms. The van der Waals surface area contributed by atoms with E-state index in [2.05, 4.69) is 35.1 Å². The van der Waals surface area contributed by atoms with Crippen molar-refractivity contribution >= 4 is 35.4 Å². The van der Waals surface area contributed by atoms with Crippen molar-refractivity contribution in [1.82, 2.24) is 21.3 Å². The molecule has 5 N–H and O–H groups in total. The topological polar surface area (TPSA) is 171 Å². The molecule has 0 radical (unpaired) electrons. The molecule has 0 aromatic heterocycles. The lowest BCUT2D eigenvalue weighted by Crippen LogP contribution is -2.61. The second-order valence-electron chi connectivity index (χ2n) is 18.5. The Morgan fingerprint density at radius 3 is 1.72 bits per heavy atom. The summed E-state index contributed by atoms with van der Waals surface area (Å²) < 4.78 is 0. The average Bonchev–Trinajstić information content (AvgIpc) is 3.48. The van der Waals surface area contributed by atoms with Crippen LogP contribution in [0.3, 0.4) is 0 Å². The number of carbonyl (C=O) groups excluding carboxylic acids is 5. The molecule has 11 heteroatoms. The fraction of sp³-hybridized carbons (Fsp3) is 0.846. The van der Waals surface area contributed by atoms with Crippen molar-refractivity contribution in [2.24, 2.45) is 39.4 Å². The van der Waals surface area contributed by atoms with E-state index in [1.54, 1.807) is 20.8 Å². The predicted octanol–water partition coefficient (Wildman–Crippen LogP) is 6.18. The molecule has 286 valence electrons. The monoisotopic (exact) mass is 705 g/mol. The highest BCUT2D eigenvalue weighted by Gasteiger charge is 2.53. The molecule has 2 aliphatic carbocycles. The molecule has 0 aromatic carbocycles. The SMILES string of the molecule is CC[C@@H](NC(=O)[C@@H](NC(=O)[C@@H](CC(=O)[C@@H](NC(=O)NC1[C@H](C)CCC[C@@H]1C)C(C)(C)C)CC(=O)C(C)(C)C)C1(C(=O)O)CCCC1)C(C)(C)C. The maximum Gasteiger partial charge on any atom is 0.315 e. The normalized spacial score (nSPS) is 23.5. The molecule has 11 nitrogen and oxygen atoms in total. The Hall–Kier alpha value is -2.98. The Bertz CT molecular complexity index is 1230. The molecule has 2 rings (SSSR count). The number of carboxylic acid groups (broad SMARTS) is 1. The lowest BCUT2D eigenvalue weighted by Gasteiger charge is -2.38. The second kappa shape index (κ2) is 17.0. The van der Waals surface area contributed by atoms with E-state index in [-0.39, 0.29) is 49.0 Å². The van der Waals surface area contributed by atoms with Gasteiger partial charge in [0.1, 0.15) is 11.8 Å². The van der Waals surface area contributed by atoms with Gasteiger partial charge in [0.05, 0.1) is 17.4 Å². The zero-order valence-corrected chi connectivity index (χ0v) is 33.0. The number of Topliss-reactive ketones (excluding diaryl/α,β-unsaturated/α-hetero) is 2. The third-order valence-corrected chi connectivity index (χ3v) is 11.2. The van der Waals surface area contributed by atoms with Crippen LogP contribution in [0.1, 0.15) is 147 Å². The van der Waals surface area contributed by atoms with E-state index in [4.69, 9.17) is 0 Å². The van der Waals surface area contributed by atoms with Crippen molar-refractivity contribution in [1.29, 1.82) is 0 Å². The van der Waals surface area contributed by atoms with Crippen LogP contribution < -0.4 is 21.3 Å². The lowest BCUT2D eigenvalue weighted by molar-refractivity contribution is -0.155. The fourth-order valence-corrected chi connectivity index (χ4v) is 7.75. The van der Waals surface area contributed by atoms with Gasteiger partial charge in [-0.15, -0.1) is 0 Å². The first kappa shape index (κ1) is 43.2. The van der Waals surface area contributed by atoms with Crippen LogP contribution >= 0.6 is 0 Å². The number of hydrogen-bond acceptors (Lipinski definition) is 6. The number of nitrogens with one attached hydrogen (secondary N) is 4. The molecule has 1 unspecified atom stereocenters. The van der Waals surface area contributed by atoms with E-state index in [1.165, 1.54) is 0 Å². The average molecular weight is 705 g/mol. The summed E-state index contributed by atoms with van der Waals surface area (Å²) in [5.74, 6) is -3.76. The smallest absolute Gasteiger partial charge is 0.315 e. The molecule has 0 aliphatic heterocycles. The summed E-state index contributed by atoms with van der Waals surface area (Å²) in [6.07, 6.45) is 4.66. The van der Waals surface area contributed by atoms with Gasteiger partial charge in [-0.05, 0) is 54.8 Å². The first-order valence-electron chi connectivity index (χ1n) is 18.8. The Labute approximate surface area is 301 Å². The van der Waals surface area contributed by atoms with Gasteiger partial charge in [-0.3, -0.25) is 24.0 Å². The van der Waals surface area contributed by atoms with E-state index in [9.17, 15) is 33.9 Å². The largest absolute Gasteiger partial charge is 0.481 e. The quantitative estimate of drug-likeness (QED) is 0.144. The molecular formula is C39H68N4O7. The lowest BCUT2D eigenvalue weighted by atomic mass is 9.76. The molecule has 2 aliphatic rings. The molecule has 2 saturated carbocycles. The summed E-state index contributed by atoms with van der Waals surface area (Å²) in [6, 6.07) is -3.16. The van der Waals surface area contributed by atoms with Crippen molar-refractivity contribution in [2.75, 3.05) is 0 Å².